The van der Waals surface area contributed by atoms with Crippen molar-refractivity contribution < 1.29 is 18.3 Å². The molecule has 2 rings (SSSR count). The zero-order valence-corrected chi connectivity index (χ0v) is 9.94. The predicted molar refractivity (Wildman–Crippen MR) is 60.3 cm³/mol. The Morgan fingerprint density at radius 1 is 1.28 bits per heavy atom. The third-order valence-electron chi connectivity index (χ3n) is 2.69. The lowest BCUT2D eigenvalue weighted by atomic mass is 10.2. The van der Waals surface area contributed by atoms with Crippen LogP contribution in [0.25, 0.3) is 5.52 Å². The Morgan fingerprint density at radius 3 is 2.50 bits per heavy atom. The first-order valence-corrected chi connectivity index (χ1v) is 5.54. The third-order valence-corrected chi connectivity index (χ3v) is 2.69. The number of hydrogen-bond donors (Lipinski definition) is 1. The van der Waals surface area contributed by atoms with Gasteiger partial charge in [-0.25, -0.2) is 4.98 Å². The molecular formula is C12H13F3N2O. The number of imidazole rings is 1. The van der Waals surface area contributed by atoms with Crippen LogP contribution in [-0.4, -0.2) is 20.7 Å². The molecule has 18 heavy (non-hydrogen) atoms. The number of aliphatic hydroxyl groups excluding tert-OH is 1. The van der Waals surface area contributed by atoms with Crippen LogP contribution in [0.2, 0.25) is 0 Å². The molecule has 1 N–H and O–H groups in total. The molecule has 0 radical (unpaired) electrons. The minimum Gasteiger partial charge on any atom is -0.378 e. The molecule has 3 nitrogen and oxygen atoms in total. The van der Waals surface area contributed by atoms with Gasteiger partial charge in [0.1, 0.15) is 11.5 Å². The maximum Gasteiger partial charge on any atom is 0.420 e. The Labute approximate surface area is 102 Å². The Bertz CT molecular complexity index is 560. The molecule has 0 amide bonds. The summed E-state index contributed by atoms with van der Waals surface area (Å²) in [5.41, 5.74) is -0.0576. The lowest BCUT2D eigenvalue weighted by Gasteiger charge is -2.12. The fourth-order valence-corrected chi connectivity index (χ4v) is 1.85. The average Bonchev–Trinajstić information content (AvgIpc) is 2.66. The number of fused-ring (bicyclic) bond motifs is 1. The molecule has 2 heterocycles. The molecule has 0 aliphatic rings. The number of aliphatic hydroxyl groups is 1. The summed E-state index contributed by atoms with van der Waals surface area (Å²) < 4.78 is 39.3. The molecule has 6 heteroatoms. The van der Waals surface area contributed by atoms with Crippen molar-refractivity contribution in [3.8, 4) is 0 Å². The average molecular weight is 258 g/mol. The Hall–Kier alpha value is -1.56. The van der Waals surface area contributed by atoms with Gasteiger partial charge in [0.15, 0.2) is 6.10 Å². The van der Waals surface area contributed by atoms with Crippen LogP contribution in [0.5, 0.6) is 0 Å². The van der Waals surface area contributed by atoms with Crippen LogP contribution >= 0.6 is 0 Å². The van der Waals surface area contributed by atoms with Crippen molar-refractivity contribution >= 4 is 5.52 Å². The Kier molecular flexibility index (Phi) is 3.06. The molecule has 0 saturated heterocycles. The molecule has 2 aromatic rings. The topological polar surface area (TPSA) is 37.5 Å². The molecular weight excluding hydrogens is 245 g/mol. The van der Waals surface area contributed by atoms with E-state index >= 15 is 0 Å². The molecule has 0 spiro atoms. The molecule has 1 atom stereocenters. The molecule has 98 valence electrons. The van der Waals surface area contributed by atoms with Gasteiger partial charge in [-0.3, -0.25) is 0 Å². The Balaban J connectivity index is 2.65. The minimum absolute atomic E-state index is 0.0333. The number of halogens is 3. The highest BCUT2D eigenvalue weighted by Gasteiger charge is 2.42. The molecule has 2 aromatic heterocycles. The first-order chi connectivity index (χ1) is 8.32. The van der Waals surface area contributed by atoms with Crippen LogP contribution in [0.15, 0.2) is 24.4 Å². The van der Waals surface area contributed by atoms with Gasteiger partial charge in [0.25, 0.3) is 0 Å². The summed E-state index contributed by atoms with van der Waals surface area (Å²) >= 11 is 0. The normalized spacial score (nSPS) is 14.4. The summed E-state index contributed by atoms with van der Waals surface area (Å²) in [4.78, 5) is 3.95. The van der Waals surface area contributed by atoms with Crippen LogP contribution in [0.3, 0.4) is 0 Å². The van der Waals surface area contributed by atoms with Crippen LogP contribution in [0.4, 0.5) is 13.2 Å². The highest BCUT2D eigenvalue weighted by molar-refractivity contribution is 5.54. The summed E-state index contributed by atoms with van der Waals surface area (Å²) in [6.45, 7) is 3.68. The van der Waals surface area contributed by atoms with Gasteiger partial charge in [-0.15, -0.1) is 0 Å². The highest BCUT2D eigenvalue weighted by Crippen LogP contribution is 2.35. The van der Waals surface area contributed by atoms with E-state index in [2.05, 4.69) is 4.98 Å². The zero-order valence-electron chi connectivity index (χ0n) is 9.94. The Morgan fingerprint density at radius 2 is 1.94 bits per heavy atom. The predicted octanol–water partition coefficient (Wildman–Crippen LogP) is 3.05. The van der Waals surface area contributed by atoms with Gasteiger partial charge in [0, 0.05) is 12.1 Å². The molecule has 0 fully saturated rings. The molecule has 0 bridgehead atoms. The van der Waals surface area contributed by atoms with E-state index in [0.717, 1.165) is 0 Å². The second kappa shape index (κ2) is 4.28. The van der Waals surface area contributed by atoms with Gasteiger partial charge in [-0.05, 0) is 12.1 Å². The molecule has 0 aliphatic heterocycles. The summed E-state index contributed by atoms with van der Waals surface area (Å²) in [5.74, 6) is 0.470. The van der Waals surface area contributed by atoms with Gasteiger partial charge >= 0.3 is 6.18 Å². The quantitative estimate of drug-likeness (QED) is 0.899. The molecule has 0 aromatic carbocycles. The van der Waals surface area contributed by atoms with Crippen molar-refractivity contribution in [1.82, 2.24) is 9.38 Å². The van der Waals surface area contributed by atoms with Crippen LogP contribution < -0.4 is 0 Å². The molecule has 1 unspecified atom stereocenters. The van der Waals surface area contributed by atoms with Gasteiger partial charge in [-0.1, -0.05) is 19.9 Å². The van der Waals surface area contributed by atoms with Gasteiger partial charge < -0.3 is 9.51 Å². The second-order valence-electron chi connectivity index (χ2n) is 4.41. The van der Waals surface area contributed by atoms with E-state index in [9.17, 15) is 18.3 Å². The van der Waals surface area contributed by atoms with Crippen molar-refractivity contribution in [3.05, 3.63) is 35.9 Å². The summed E-state index contributed by atoms with van der Waals surface area (Å²) in [6.07, 6.45) is -5.62. The highest BCUT2D eigenvalue weighted by atomic mass is 19.4. The van der Waals surface area contributed by atoms with Crippen molar-refractivity contribution in [1.29, 1.82) is 0 Å². The number of aromatic nitrogens is 2. The number of alkyl halides is 3. The van der Waals surface area contributed by atoms with E-state index < -0.39 is 12.3 Å². The van der Waals surface area contributed by atoms with E-state index in [4.69, 9.17) is 0 Å². The summed E-state index contributed by atoms with van der Waals surface area (Å²) in [5, 5.41) is 9.35. The van der Waals surface area contributed by atoms with E-state index in [1.807, 2.05) is 13.8 Å². The number of pyridine rings is 1. The molecule has 0 aliphatic carbocycles. The van der Waals surface area contributed by atoms with Crippen LogP contribution in [0, 0.1) is 0 Å². The standard InChI is InChI=1S/C12H13F3N2O/c1-7(2)11-16-9(10(18)12(13,14)15)8-5-3-4-6-17(8)11/h3-7,10,18H,1-2H3. The van der Waals surface area contributed by atoms with Crippen molar-refractivity contribution in [2.24, 2.45) is 0 Å². The SMILES string of the molecule is CC(C)c1nc(C(O)C(F)(F)F)c2ccccn12. The maximum atomic E-state index is 12.6. The maximum absolute atomic E-state index is 12.6. The van der Waals surface area contributed by atoms with E-state index in [1.165, 1.54) is 6.07 Å². The van der Waals surface area contributed by atoms with Crippen molar-refractivity contribution in [2.75, 3.05) is 0 Å². The molecule has 0 saturated carbocycles. The first kappa shape index (κ1) is 12.9. The van der Waals surface area contributed by atoms with Crippen molar-refractivity contribution in [2.45, 2.75) is 32.0 Å². The summed E-state index contributed by atoms with van der Waals surface area (Å²) in [6, 6.07) is 4.85. The lowest BCUT2D eigenvalue weighted by molar-refractivity contribution is -0.207. The summed E-state index contributed by atoms with van der Waals surface area (Å²) in [7, 11) is 0. The third kappa shape index (κ3) is 2.08. The number of hydrogen-bond acceptors (Lipinski definition) is 2. The minimum atomic E-state index is -4.71. The van der Waals surface area contributed by atoms with Gasteiger partial charge in [-0.2, -0.15) is 13.2 Å². The second-order valence-corrected chi connectivity index (χ2v) is 4.41. The van der Waals surface area contributed by atoms with E-state index in [1.54, 1.807) is 22.7 Å². The fraction of sp³-hybridized carbons (Fsp3) is 0.417. The monoisotopic (exact) mass is 258 g/mol. The van der Waals surface area contributed by atoms with Crippen LogP contribution in [0.1, 0.15) is 37.4 Å². The lowest BCUT2D eigenvalue weighted by Crippen LogP contribution is -2.20. The van der Waals surface area contributed by atoms with Crippen LogP contribution in [-0.2, 0) is 0 Å². The number of nitrogens with zero attached hydrogens (tertiary/aromatic N) is 2. The largest absolute Gasteiger partial charge is 0.420 e. The van der Waals surface area contributed by atoms with Gasteiger partial charge in [0.05, 0.1) is 5.52 Å². The zero-order chi connectivity index (χ0) is 13.5. The number of rotatable bonds is 2. The van der Waals surface area contributed by atoms with Gasteiger partial charge in [0.2, 0.25) is 0 Å². The van der Waals surface area contributed by atoms with E-state index in [0.29, 0.717) is 5.82 Å². The smallest absolute Gasteiger partial charge is 0.378 e. The fourth-order valence-electron chi connectivity index (χ4n) is 1.85. The van der Waals surface area contributed by atoms with Crippen molar-refractivity contribution in [3.63, 3.8) is 0 Å². The van der Waals surface area contributed by atoms with E-state index in [-0.39, 0.29) is 17.1 Å². The first-order valence-electron chi connectivity index (χ1n) is 5.54.